The first kappa shape index (κ1) is 22.8. The van der Waals surface area contributed by atoms with Crippen molar-refractivity contribution in [3.63, 3.8) is 0 Å². The van der Waals surface area contributed by atoms with Gasteiger partial charge in [-0.2, -0.15) is 18.3 Å². The van der Waals surface area contributed by atoms with E-state index in [1.807, 2.05) is 18.0 Å². The third kappa shape index (κ3) is 5.34. The Labute approximate surface area is 191 Å². The fourth-order valence-corrected chi connectivity index (χ4v) is 3.94. The number of hydrogen-bond donors (Lipinski definition) is 1. The summed E-state index contributed by atoms with van der Waals surface area (Å²) in [4.78, 5) is 8.38. The monoisotopic (exact) mass is 453 g/mol. The van der Waals surface area contributed by atoms with Crippen molar-refractivity contribution in [3.05, 3.63) is 84.3 Å². The number of hydrogen-bond acceptors (Lipinski definition) is 4. The lowest BCUT2D eigenvalue weighted by atomic mass is 9.96. The molecule has 0 unspecified atom stereocenters. The number of H-pyrrole nitrogens is 1. The zero-order chi connectivity index (χ0) is 23.4. The van der Waals surface area contributed by atoms with Crippen molar-refractivity contribution in [1.29, 1.82) is 0 Å². The average Bonchev–Trinajstić information content (AvgIpc) is 3.37. The van der Waals surface area contributed by atoms with E-state index in [0.717, 1.165) is 59.7 Å². The fourth-order valence-electron chi connectivity index (χ4n) is 3.94. The lowest BCUT2D eigenvalue weighted by Gasteiger charge is -2.36. The van der Waals surface area contributed by atoms with Gasteiger partial charge in [-0.3, -0.25) is 10.00 Å². The molecule has 0 bridgehead atoms. The van der Waals surface area contributed by atoms with Crippen LogP contribution in [0.4, 0.5) is 19.0 Å². The molecule has 33 heavy (non-hydrogen) atoms. The summed E-state index contributed by atoms with van der Waals surface area (Å²) in [5.74, 6) is 0.580. The molecule has 1 N–H and O–H groups in total. The molecule has 0 radical (unpaired) electrons. The topological polar surface area (TPSA) is 48.1 Å². The first-order chi connectivity index (χ1) is 15.8. The van der Waals surface area contributed by atoms with Gasteiger partial charge in [0.2, 0.25) is 0 Å². The van der Waals surface area contributed by atoms with Crippen molar-refractivity contribution in [1.82, 2.24) is 20.1 Å². The van der Waals surface area contributed by atoms with E-state index in [0.29, 0.717) is 18.9 Å². The Bertz CT molecular complexity index is 1090. The van der Waals surface area contributed by atoms with Crippen LogP contribution in [0.5, 0.6) is 0 Å². The molecule has 0 aliphatic carbocycles. The molecular formula is C25H26F3N5. The van der Waals surface area contributed by atoms with Gasteiger partial charge in [0.05, 0.1) is 11.8 Å². The molecule has 8 heteroatoms. The van der Waals surface area contributed by atoms with Crippen molar-refractivity contribution in [2.75, 3.05) is 37.6 Å². The molecule has 1 aromatic carbocycles. The summed E-state index contributed by atoms with van der Waals surface area (Å²) in [5, 5.41) is 6.82. The van der Waals surface area contributed by atoms with Gasteiger partial charge in [-0.25, -0.2) is 4.98 Å². The Morgan fingerprint density at radius 3 is 2.30 bits per heavy atom. The molecule has 1 fully saturated rings. The van der Waals surface area contributed by atoms with Gasteiger partial charge in [0, 0.05) is 50.7 Å². The second-order valence-corrected chi connectivity index (χ2v) is 8.02. The first-order valence-electron chi connectivity index (χ1n) is 10.8. The molecule has 0 amide bonds. The number of nitrogens with one attached hydrogen (secondary N) is 1. The lowest BCUT2D eigenvalue weighted by Crippen LogP contribution is -2.47. The Hall–Kier alpha value is -3.39. The van der Waals surface area contributed by atoms with Crippen LogP contribution in [0.15, 0.2) is 73.2 Å². The molecule has 2 aromatic heterocycles. The molecule has 1 aliphatic heterocycles. The highest BCUT2D eigenvalue weighted by atomic mass is 19.4. The van der Waals surface area contributed by atoms with E-state index < -0.39 is 11.7 Å². The van der Waals surface area contributed by atoms with Crippen LogP contribution < -0.4 is 4.90 Å². The van der Waals surface area contributed by atoms with E-state index in [-0.39, 0.29) is 0 Å². The number of allylic oxidation sites excluding steroid dienone is 1. The van der Waals surface area contributed by atoms with Crippen molar-refractivity contribution in [3.8, 4) is 11.1 Å². The van der Waals surface area contributed by atoms with Gasteiger partial charge in [-0.15, -0.1) is 0 Å². The summed E-state index contributed by atoms with van der Waals surface area (Å²) in [6, 6.07) is 10.8. The molecule has 1 saturated heterocycles. The van der Waals surface area contributed by atoms with Crippen LogP contribution in [0, 0.1) is 0 Å². The summed E-state index contributed by atoms with van der Waals surface area (Å²) >= 11 is 0. The van der Waals surface area contributed by atoms with Crippen LogP contribution in [0.2, 0.25) is 0 Å². The predicted molar refractivity (Wildman–Crippen MR) is 125 cm³/mol. The molecule has 0 atom stereocenters. The Kier molecular flexibility index (Phi) is 6.65. The van der Waals surface area contributed by atoms with Gasteiger partial charge in [-0.1, -0.05) is 36.9 Å². The van der Waals surface area contributed by atoms with Gasteiger partial charge in [0.1, 0.15) is 5.82 Å². The second kappa shape index (κ2) is 9.62. The standard InChI is InChI=1S/C25H26F3N5/c1-3-19(18(2)20-4-6-21(7-5-20)22-14-30-31-15-22)17-32-10-12-33(13-11-32)24-9-8-23(16-29-24)25(26,27)28/h3-9,14-16H,2,10-13,17H2,1H3,(H,30,31)/b19-3-. The quantitative estimate of drug-likeness (QED) is 0.517. The van der Waals surface area contributed by atoms with Gasteiger partial charge in [0.25, 0.3) is 0 Å². The zero-order valence-electron chi connectivity index (χ0n) is 18.4. The van der Waals surface area contributed by atoms with E-state index in [2.05, 4.69) is 57.0 Å². The predicted octanol–water partition coefficient (Wildman–Crippen LogP) is 5.27. The van der Waals surface area contributed by atoms with Gasteiger partial charge >= 0.3 is 6.18 Å². The van der Waals surface area contributed by atoms with Crippen LogP contribution in [-0.2, 0) is 6.18 Å². The summed E-state index contributed by atoms with van der Waals surface area (Å²) in [6.45, 7) is 10.1. The van der Waals surface area contributed by atoms with Crippen LogP contribution in [0.3, 0.4) is 0 Å². The van der Waals surface area contributed by atoms with Crippen LogP contribution >= 0.6 is 0 Å². The minimum atomic E-state index is -4.37. The molecule has 0 saturated carbocycles. The highest BCUT2D eigenvalue weighted by Gasteiger charge is 2.31. The number of rotatable bonds is 6. The van der Waals surface area contributed by atoms with E-state index in [4.69, 9.17) is 0 Å². The summed E-state index contributed by atoms with van der Waals surface area (Å²) in [5.41, 5.74) is 4.63. The normalized spacial score (nSPS) is 15.6. The molecule has 3 heterocycles. The first-order valence-corrected chi connectivity index (χ1v) is 10.8. The molecular weight excluding hydrogens is 427 g/mol. The van der Waals surface area contributed by atoms with Crippen molar-refractivity contribution < 1.29 is 13.2 Å². The highest BCUT2D eigenvalue weighted by Crippen LogP contribution is 2.30. The third-order valence-electron chi connectivity index (χ3n) is 5.97. The minimum Gasteiger partial charge on any atom is -0.354 e. The van der Waals surface area contributed by atoms with E-state index >= 15 is 0 Å². The molecule has 0 spiro atoms. The van der Waals surface area contributed by atoms with E-state index in [9.17, 15) is 13.2 Å². The summed E-state index contributed by atoms with van der Waals surface area (Å²) < 4.78 is 38.3. The number of pyridine rings is 1. The fraction of sp³-hybridized carbons (Fsp3) is 0.280. The van der Waals surface area contributed by atoms with Gasteiger partial charge < -0.3 is 4.90 Å². The molecule has 5 nitrogen and oxygen atoms in total. The zero-order valence-corrected chi connectivity index (χ0v) is 18.4. The second-order valence-electron chi connectivity index (χ2n) is 8.02. The number of halogens is 3. The van der Waals surface area contributed by atoms with Crippen LogP contribution in [0.1, 0.15) is 18.1 Å². The Morgan fingerprint density at radius 1 is 1.03 bits per heavy atom. The molecule has 172 valence electrons. The largest absolute Gasteiger partial charge is 0.417 e. The van der Waals surface area contributed by atoms with E-state index in [1.165, 1.54) is 6.07 Å². The molecule has 4 rings (SSSR count). The Balaban J connectivity index is 1.34. The number of nitrogens with zero attached hydrogens (tertiary/aromatic N) is 4. The number of anilines is 1. The van der Waals surface area contributed by atoms with Crippen molar-refractivity contribution in [2.45, 2.75) is 13.1 Å². The van der Waals surface area contributed by atoms with Gasteiger partial charge in [-0.05, 0) is 41.3 Å². The van der Waals surface area contributed by atoms with Crippen LogP contribution in [-0.4, -0.2) is 52.8 Å². The average molecular weight is 454 g/mol. The maximum Gasteiger partial charge on any atom is 0.417 e. The lowest BCUT2D eigenvalue weighted by molar-refractivity contribution is -0.137. The maximum absolute atomic E-state index is 12.8. The van der Waals surface area contributed by atoms with Crippen molar-refractivity contribution >= 4 is 11.4 Å². The summed E-state index contributed by atoms with van der Waals surface area (Å²) in [6.07, 6.45) is 2.29. The smallest absolute Gasteiger partial charge is 0.354 e. The van der Waals surface area contributed by atoms with Crippen LogP contribution in [0.25, 0.3) is 16.7 Å². The number of benzene rings is 1. The Morgan fingerprint density at radius 2 is 1.76 bits per heavy atom. The molecule has 3 aromatic rings. The minimum absolute atomic E-state index is 0.580. The number of piperazine rings is 1. The highest BCUT2D eigenvalue weighted by molar-refractivity contribution is 5.79. The molecule has 1 aliphatic rings. The third-order valence-corrected chi connectivity index (χ3v) is 5.97. The number of alkyl halides is 3. The van der Waals surface area contributed by atoms with Gasteiger partial charge in [0.15, 0.2) is 0 Å². The van der Waals surface area contributed by atoms with Crippen molar-refractivity contribution in [2.24, 2.45) is 0 Å². The SMILES string of the molecule is C=C(/C(=C\C)CN1CCN(c2ccc(C(F)(F)F)cn2)CC1)c1ccc(-c2cn[nH]c2)cc1. The van der Waals surface area contributed by atoms with E-state index in [1.54, 1.807) is 6.20 Å². The summed E-state index contributed by atoms with van der Waals surface area (Å²) in [7, 11) is 0. The maximum atomic E-state index is 12.8. The number of aromatic nitrogens is 3. The number of aromatic amines is 1.